The van der Waals surface area contributed by atoms with Gasteiger partial charge in [0.25, 0.3) is 0 Å². The minimum Gasteiger partial charge on any atom is -0.372 e. The van der Waals surface area contributed by atoms with Crippen LogP contribution in [0.5, 0.6) is 0 Å². The smallest absolute Gasteiger partial charge is 0.244 e. The van der Waals surface area contributed by atoms with E-state index in [2.05, 4.69) is 31.0 Å². The van der Waals surface area contributed by atoms with Gasteiger partial charge in [0.15, 0.2) is 0 Å². The van der Waals surface area contributed by atoms with Gasteiger partial charge in [-0.2, -0.15) is 0 Å². The third-order valence-electron chi connectivity index (χ3n) is 4.39. The van der Waals surface area contributed by atoms with E-state index in [1.807, 2.05) is 0 Å². The van der Waals surface area contributed by atoms with E-state index < -0.39 is 10.0 Å². The molecule has 2 aliphatic carbocycles. The number of hydrogen-bond acceptors (Lipinski definition) is 4. The number of fused-ring (bicyclic) bond motifs is 2. The van der Waals surface area contributed by atoms with Crippen LogP contribution in [0.3, 0.4) is 0 Å². The first kappa shape index (κ1) is 14.3. The van der Waals surface area contributed by atoms with Crippen LogP contribution in [0.1, 0.15) is 25.7 Å². The minimum absolute atomic E-state index is 0.0856. The predicted octanol–water partition coefficient (Wildman–Crippen LogP) is 2.35. The molecule has 7 heteroatoms. The van der Waals surface area contributed by atoms with E-state index >= 15 is 0 Å². The highest BCUT2D eigenvalue weighted by atomic mass is 79.9. The molecule has 2 bridgehead atoms. The summed E-state index contributed by atoms with van der Waals surface area (Å²) in [5.74, 6) is 1.59. The lowest BCUT2D eigenvalue weighted by Crippen LogP contribution is -2.38. The number of aromatic nitrogens is 1. The zero-order valence-electron chi connectivity index (χ0n) is 11.3. The van der Waals surface area contributed by atoms with Gasteiger partial charge in [-0.25, -0.2) is 18.1 Å². The van der Waals surface area contributed by atoms with Crippen LogP contribution in [0, 0.1) is 11.8 Å². The molecule has 2 fully saturated rings. The van der Waals surface area contributed by atoms with Gasteiger partial charge in [0.05, 0.1) is 0 Å². The van der Waals surface area contributed by atoms with E-state index in [-0.39, 0.29) is 10.9 Å². The Balaban J connectivity index is 1.86. The molecule has 0 spiro atoms. The van der Waals surface area contributed by atoms with Crippen LogP contribution in [-0.2, 0) is 10.0 Å². The van der Waals surface area contributed by atoms with Gasteiger partial charge in [-0.15, -0.1) is 0 Å². The molecule has 5 nitrogen and oxygen atoms in total. The summed E-state index contributed by atoms with van der Waals surface area (Å²) >= 11 is 3.28. The number of hydrogen-bond donors (Lipinski definition) is 2. The molecule has 0 aromatic carbocycles. The maximum Gasteiger partial charge on any atom is 0.244 e. The largest absolute Gasteiger partial charge is 0.372 e. The topological polar surface area (TPSA) is 71.1 Å². The molecule has 1 aromatic heterocycles. The fourth-order valence-corrected chi connectivity index (χ4v) is 5.45. The maximum absolute atomic E-state index is 12.6. The lowest BCUT2D eigenvalue weighted by atomic mass is 9.96. The van der Waals surface area contributed by atoms with Crippen molar-refractivity contribution in [1.82, 2.24) is 9.71 Å². The molecule has 0 saturated heterocycles. The summed E-state index contributed by atoms with van der Waals surface area (Å²) in [5, 5.41) is 2.84. The van der Waals surface area contributed by atoms with Gasteiger partial charge in [-0.3, -0.25) is 0 Å². The molecule has 2 N–H and O–H groups in total. The van der Waals surface area contributed by atoms with Crippen molar-refractivity contribution in [3.05, 3.63) is 16.7 Å². The Morgan fingerprint density at radius 3 is 2.75 bits per heavy atom. The van der Waals surface area contributed by atoms with Crippen LogP contribution in [0.25, 0.3) is 0 Å². The van der Waals surface area contributed by atoms with Gasteiger partial charge in [-0.05, 0) is 53.1 Å². The molecule has 110 valence electrons. The second-order valence-corrected chi connectivity index (χ2v) is 8.25. The van der Waals surface area contributed by atoms with Gasteiger partial charge in [0.1, 0.15) is 10.7 Å². The van der Waals surface area contributed by atoms with Crippen LogP contribution in [0.15, 0.2) is 21.6 Å². The molecule has 0 amide bonds. The molecule has 0 aliphatic heterocycles. The van der Waals surface area contributed by atoms with E-state index in [4.69, 9.17) is 0 Å². The molecule has 0 radical (unpaired) electrons. The molecule has 2 aliphatic rings. The van der Waals surface area contributed by atoms with Crippen molar-refractivity contribution in [1.29, 1.82) is 0 Å². The first-order valence-electron chi connectivity index (χ1n) is 6.85. The van der Waals surface area contributed by atoms with E-state index in [9.17, 15) is 8.42 Å². The normalized spacial score (nSPS) is 28.8. The molecule has 2 saturated carbocycles. The average molecular weight is 360 g/mol. The Kier molecular flexibility index (Phi) is 3.77. The lowest BCUT2D eigenvalue weighted by molar-refractivity contribution is 0.390. The molecular weight excluding hydrogens is 342 g/mol. The second-order valence-electron chi connectivity index (χ2n) is 5.65. The van der Waals surface area contributed by atoms with Crippen molar-refractivity contribution in [2.45, 2.75) is 36.6 Å². The van der Waals surface area contributed by atoms with Crippen molar-refractivity contribution >= 4 is 31.8 Å². The van der Waals surface area contributed by atoms with Crippen LogP contribution < -0.4 is 10.0 Å². The SMILES string of the molecule is CNc1ncc(Br)cc1S(=O)(=O)NC1CC2CCC1C2. The third-order valence-corrected chi connectivity index (χ3v) is 6.33. The van der Waals surface area contributed by atoms with Crippen molar-refractivity contribution in [2.75, 3.05) is 12.4 Å². The fourth-order valence-electron chi connectivity index (χ4n) is 3.47. The highest BCUT2D eigenvalue weighted by Gasteiger charge is 2.41. The van der Waals surface area contributed by atoms with E-state index in [1.54, 1.807) is 19.3 Å². The first-order valence-corrected chi connectivity index (χ1v) is 9.13. The van der Waals surface area contributed by atoms with E-state index in [1.165, 1.54) is 12.8 Å². The van der Waals surface area contributed by atoms with Crippen molar-refractivity contribution in [3.63, 3.8) is 0 Å². The van der Waals surface area contributed by atoms with Crippen molar-refractivity contribution < 1.29 is 8.42 Å². The summed E-state index contributed by atoms with van der Waals surface area (Å²) in [5.41, 5.74) is 0. The van der Waals surface area contributed by atoms with Crippen LogP contribution in [-0.4, -0.2) is 26.5 Å². The second kappa shape index (κ2) is 5.27. The Hall–Kier alpha value is -0.660. The standard InChI is InChI=1S/C13H18BrN3O2S/c1-15-13-12(6-10(14)7-16-13)20(18,19)17-11-5-8-2-3-9(11)4-8/h6-9,11,17H,2-5H2,1H3,(H,15,16). The highest BCUT2D eigenvalue weighted by molar-refractivity contribution is 9.10. The van der Waals surface area contributed by atoms with Crippen LogP contribution in [0.2, 0.25) is 0 Å². The summed E-state index contributed by atoms with van der Waals surface area (Å²) in [6.07, 6.45) is 6.13. The van der Waals surface area contributed by atoms with Gasteiger partial charge in [-0.1, -0.05) is 6.42 Å². The van der Waals surface area contributed by atoms with Gasteiger partial charge in [0, 0.05) is 23.8 Å². The summed E-state index contributed by atoms with van der Waals surface area (Å²) in [7, 11) is -1.86. The molecular formula is C13H18BrN3O2S. The molecule has 1 heterocycles. The van der Waals surface area contributed by atoms with E-state index in [0.29, 0.717) is 22.1 Å². The molecule has 3 atom stereocenters. The summed E-state index contributed by atoms with van der Waals surface area (Å²) in [6.45, 7) is 0. The maximum atomic E-state index is 12.6. The molecule has 1 aromatic rings. The monoisotopic (exact) mass is 359 g/mol. The minimum atomic E-state index is -3.54. The quantitative estimate of drug-likeness (QED) is 0.865. The molecule has 3 rings (SSSR count). The number of pyridine rings is 1. The predicted molar refractivity (Wildman–Crippen MR) is 81.0 cm³/mol. The number of sulfonamides is 1. The van der Waals surface area contributed by atoms with Gasteiger partial charge in [0.2, 0.25) is 10.0 Å². The van der Waals surface area contributed by atoms with Crippen molar-refractivity contribution in [3.8, 4) is 0 Å². The van der Waals surface area contributed by atoms with Crippen LogP contribution in [0.4, 0.5) is 5.82 Å². The Morgan fingerprint density at radius 1 is 1.35 bits per heavy atom. The number of anilines is 1. The zero-order chi connectivity index (χ0) is 14.3. The summed E-state index contributed by atoms with van der Waals surface area (Å²) < 4.78 is 28.7. The average Bonchev–Trinajstić information content (AvgIpc) is 3.00. The molecule has 20 heavy (non-hydrogen) atoms. The number of nitrogens with zero attached hydrogens (tertiary/aromatic N) is 1. The van der Waals surface area contributed by atoms with Crippen LogP contribution >= 0.6 is 15.9 Å². The molecule has 3 unspecified atom stereocenters. The third kappa shape index (κ3) is 2.58. The van der Waals surface area contributed by atoms with E-state index in [0.717, 1.165) is 12.8 Å². The lowest BCUT2D eigenvalue weighted by Gasteiger charge is -2.23. The zero-order valence-corrected chi connectivity index (χ0v) is 13.7. The Bertz CT molecular complexity index is 620. The fraction of sp³-hybridized carbons (Fsp3) is 0.615. The van der Waals surface area contributed by atoms with Gasteiger partial charge >= 0.3 is 0 Å². The van der Waals surface area contributed by atoms with Crippen molar-refractivity contribution in [2.24, 2.45) is 11.8 Å². The summed E-state index contributed by atoms with van der Waals surface area (Å²) in [4.78, 5) is 4.31. The van der Waals surface area contributed by atoms with Gasteiger partial charge < -0.3 is 5.32 Å². The number of halogens is 1. The first-order chi connectivity index (χ1) is 9.49. The Morgan fingerprint density at radius 2 is 2.15 bits per heavy atom. The number of nitrogens with one attached hydrogen (secondary N) is 2. The Labute approximate surface area is 127 Å². The highest BCUT2D eigenvalue weighted by Crippen LogP contribution is 2.45. The summed E-state index contributed by atoms with van der Waals surface area (Å²) in [6, 6.07) is 1.68. The number of rotatable bonds is 4.